The minimum absolute atomic E-state index is 0.0744. The van der Waals surface area contributed by atoms with E-state index < -0.39 is 24.6 Å². The number of alkyl carbamates (subject to hydrolysis) is 1. The average Bonchev–Trinajstić information content (AvgIpc) is 2.65. The van der Waals surface area contributed by atoms with Crippen molar-refractivity contribution in [1.82, 2.24) is 5.32 Å². The van der Waals surface area contributed by atoms with Crippen molar-refractivity contribution in [1.29, 1.82) is 0 Å². The highest BCUT2D eigenvalue weighted by atomic mass is 16.5. The summed E-state index contributed by atoms with van der Waals surface area (Å²) in [7, 11) is 0. The molecule has 2 rings (SSSR count). The van der Waals surface area contributed by atoms with Gasteiger partial charge in [0.1, 0.15) is 12.6 Å². The number of nitrogens with two attached hydrogens (primary N) is 1. The average molecular weight is 343 g/mol. The molecule has 0 aliphatic rings. The molecule has 0 heterocycles. The van der Waals surface area contributed by atoms with Crippen LogP contribution in [-0.2, 0) is 22.7 Å². The number of nitrogens with one attached hydrogen (secondary N) is 2. The van der Waals surface area contributed by atoms with Gasteiger partial charge in [0.15, 0.2) is 0 Å². The lowest BCUT2D eigenvalue weighted by Gasteiger charge is -2.16. The maximum Gasteiger partial charge on any atom is 0.408 e. The Morgan fingerprint density at radius 2 is 1.80 bits per heavy atom. The lowest BCUT2D eigenvalue weighted by atomic mass is 10.2. The molecule has 0 unspecified atom stereocenters. The number of aliphatic hydroxyl groups excluding tert-OH is 1. The first-order valence-electron chi connectivity index (χ1n) is 7.80. The number of rotatable bonds is 7. The molecule has 0 spiro atoms. The number of aliphatic hydroxyl groups is 1. The monoisotopic (exact) mass is 343 g/mol. The smallest absolute Gasteiger partial charge is 0.408 e. The fourth-order valence-electron chi connectivity index (χ4n) is 2.11. The predicted molar refractivity (Wildman–Crippen MR) is 93.6 cm³/mol. The Morgan fingerprint density at radius 1 is 1.08 bits per heavy atom. The van der Waals surface area contributed by atoms with Crippen LogP contribution in [0.1, 0.15) is 11.1 Å². The fraction of sp³-hybridized carbons (Fsp3) is 0.222. The SMILES string of the molecule is NCc1cccc(NC(=O)[C@@H](CO)NC(=O)OCc2ccccc2)c1. The molecule has 0 saturated carbocycles. The van der Waals surface area contributed by atoms with Gasteiger partial charge in [0, 0.05) is 12.2 Å². The maximum atomic E-state index is 12.2. The fourth-order valence-corrected chi connectivity index (χ4v) is 2.11. The first kappa shape index (κ1) is 18.4. The predicted octanol–water partition coefficient (Wildman–Crippen LogP) is 1.37. The Morgan fingerprint density at radius 3 is 2.48 bits per heavy atom. The van der Waals surface area contributed by atoms with Crippen molar-refractivity contribution in [2.45, 2.75) is 19.2 Å². The first-order valence-corrected chi connectivity index (χ1v) is 7.80. The molecule has 5 N–H and O–H groups in total. The van der Waals surface area contributed by atoms with Gasteiger partial charge in [0.2, 0.25) is 5.91 Å². The van der Waals surface area contributed by atoms with Crippen molar-refractivity contribution in [3.8, 4) is 0 Å². The van der Waals surface area contributed by atoms with Crippen LogP contribution in [-0.4, -0.2) is 29.8 Å². The van der Waals surface area contributed by atoms with E-state index >= 15 is 0 Å². The molecule has 0 aliphatic carbocycles. The van der Waals surface area contributed by atoms with Crippen molar-refractivity contribution in [3.05, 3.63) is 65.7 Å². The van der Waals surface area contributed by atoms with Crippen LogP contribution >= 0.6 is 0 Å². The number of hydrogen-bond acceptors (Lipinski definition) is 5. The van der Waals surface area contributed by atoms with Gasteiger partial charge in [-0.2, -0.15) is 0 Å². The summed E-state index contributed by atoms with van der Waals surface area (Å²) in [5.41, 5.74) is 7.77. The molecular formula is C18H21N3O4. The minimum atomic E-state index is -1.12. The standard InChI is InChI=1S/C18H21N3O4/c19-10-14-7-4-8-15(9-14)20-17(23)16(11-22)21-18(24)25-12-13-5-2-1-3-6-13/h1-9,16,22H,10-12,19H2,(H,20,23)(H,21,24)/t16-/m1/s1. The third-order valence-electron chi connectivity index (χ3n) is 3.43. The van der Waals surface area contributed by atoms with Gasteiger partial charge in [-0.15, -0.1) is 0 Å². The molecule has 0 fully saturated rings. The van der Waals surface area contributed by atoms with Gasteiger partial charge in [-0.1, -0.05) is 42.5 Å². The van der Waals surface area contributed by atoms with Gasteiger partial charge in [0.25, 0.3) is 0 Å². The normalized spacial score (nSPS) is 11.4. The van der Waals surface area contributed by atoms with Crippen LogP contribution in [0.15, 0.2) is 54.6 Å². The van der Waals surface area contributed by atoms with E-state index in [0.29, 0.717) is 12.2 Å². The highest BCUT2D eigenvalue weighted by Crippen LogP contribution is 2.10. The van der Waals surface area contributed by atoms with Crippen molar-refractivity contribution in [2.75, 3.05) is 11.9 Å². The summed E-state index contributed by atoms with van der Waals surface area (Å²) in [4.78, 5) is 24.0. The van der Waals surface area contributed by atoms with Crippen molar-refractivity contribution < 1.29 is 19.4 Å². The van der Waals surface area contributed by atoms with Gasteiger partial charge in [-0.05, 0) is 23.3 Å². The van der Waals surface area contributed by atoms with Gasteiger partial charge in [0.05, 0.1) is 6.61 Å². The largest absolute Gasteiger partial charge is 0.445 e. The molecule has 25 heavy (non-hydrogen) atoms. The molecule has 0 radical (unpaired) electrons. The summed E-state index contributed by atoms with van der Waals surface area (Å²) in [6.45, 7) is -0.134. The Kier molecular flexibility index (Phi) is 6.94. The van der Waals surface area contributed by atoms with E-state index in [0.717, 1.165) is 11.1 Å². The molecule has 1 atom stereocenters. The maximum absolute atomic E-state index is 12.2. The Hall–Kier alpha value is -2.90. The quantitative estimate of drug-likeness (QED) is 0.606. The van der Waals surface area contributed by atoms with Gasteiger partial charge < -0.3 is 26.2 Å². The van der Waals surface area contributed by atoms with Crippen LogP contribution in [0, 0.1) is 0 Å². The lowest BCUT2D eigenvalue weighted by Crippen LogP contribution is -2.46. The zero-order valence-electron chi connectivity index (χ0n) is 13.6. The van der Waals surface area contributed by atoms with Crippen LogP contribution in [0.4, 0.5) is 10.5 Å². The van der Waals surface area contributed by atoms with Crippen molar-refractivity contribution in [2.24, 2.45) is 5.73 Å². The first-order chi connectivity index (χ1) is 12.1. The Labute approximate surface area is 145 Å². The molecule has 0 saturated heterocycles. The summed E-state index contributed by atoms with van der Waals surface area (Å²) in [6.07, 6.45) is -0.784. The van der Waals surface area contributed by atoms with E-state index in [9.17, 15) is 14.7 Å². The van der Waals surface area contributed by atoms with E-state index in [1.165, 1.54) is 0 Å². The molecule has 0 aliphatic heterocycles. The highest BCUT2D eigenvalue weighted by Gasteiger charge is 2.20. The second kappa shape index (κ2) is 9.41. The molecular weight excluding hydrogens is 322 g/mol. The third-order valence-corrected chi connectivity index (χ3v) is 3.43. The van der Waals surface area contributed by atoms with E-state index in [1.54, 1.807) is 18.2 Å². The topological polar surface area (TPSA) is 114 Å². The van der Waals surface area contributed by atoms with E-state index in [1.807, 2.05) is 36.4 Å². The second-order valence-electron chi connectivity index (χ2n) is 5.33. The van der Waals surface area contributed by atoms with Crippen LogP contribution in [0.5, 0.6) is 0 Å². The molecule has 2 aromatic carbocycles. The number of carbonyl (C=O) groups excluding carboxylic acids is 2. The number of benzene rings is 2. The summed E-state index contributed by atoms with van der Waals surface area (Å²) >= 11 is 0. The third kappa shape index (κ3) is 5.91. The molecule has 132 valence electrons. The molecule has 0 bridgehead atoms. The number of amides is 2. The summed E-state index contributed by atoms with van der Waals surface area (Å²) < 4.78 is 5.04. The zero-order valence-corrected chi connectivity index (χ0v) is 13.6. The molecule has 2 amide bonds. The highest BCUT2D eigenvalue weighted by molar-refractivity contribution is 5.96. The van der Waals surface area contributed by atoms with Gasteiger partial charge in [-0.3, -0.25) is 4.79 Å². The van der Waals surface area contributed by atoms with Crippen molar-refractivity contribution in [3.63, 3.8) is 0 Å². The number of hydrogen-bond donors (Lipinski definition) is 4. The Bertz CT molecular complexity index is 706. The molecule has 7 nitrogen and oxygen atoms in total. The van der Waals surface area contributed by atoms with E-state index in [4.69, 9.17) is 10.5 Å². The summed E-state index contributed by atoms with van der Waals surface area (Å²) in [6, 6.07) is 15.0. The van der Waals surface area contributed by atoms with Crippen LogP contribution in [0.2, 0.25) is 0 Å². The number of anilines is 1. The van der Waals surface area contributed by atoms with E-state index in [-0.39, 0.29) is 6.61 Å². The molecule has 0 aromatic heterocycles. The summed E-state index contributed by atoms with van der Waals surface area (Å²) in [5, 5.41) is 14.3. The van der Waals surface area contributed by atoms with Crippen LogP contribution in [0.25, 0.3) is 0 Å². The molecule has 2 aromatic rings. The zero-order chi connectivity index (χ0) is 18.1. The minimum Gasteiger partial charge on any atom is -0.445 e. The lowest BCUT2D eigenvalue weighted by molar-refractivity contribution is -0.118. The van der Waals surface area contributed by atoms with E-state index in [2.05, 4.69) is 10.6 Å². The van der Waals surface area contributed by atoms with Crippen LogP contribution in [0.3, 0.4) is 0 Å². The van der Waals surface area contributed by atoms with Gasteiger partial charge >= 0.3 is 6.09 Å². The molecule has 7 heteroatoms. The number of ether oxygens (including phenoxy) is 1. The van der Waals surface area contributed by atoms with Crippen LogP contribution < -0.4 is 16.4 Å². The number of carbonyl (C=O) groups is 2. The second-order valence-corrected chi connectivity index (χ2v) is 5.33. The van der Waals surface area contributed by atoms with Gasteiger partial charge in [-0.25, -0.2) is 4.79 Å². The van der Waals surface area contributed by atoms with Crippen molar-refractivity contribution >= 4 is 17.7 Å². The summed E-state index contributed by atoms with van der Waals surface area (Å²) in [5.74, 6) is -0.548. The Balaban J connectivity index is 1.87.